The van der Waals surface area contributed by atoms with Gasteiger partial charge in [0.1, 0.15) is 5.60 Å². The van der Waals surface area contributed by atoms with Gasteiger partial charge in [0, 0.05) is 13.1 Å². The summed E-state index contributed by atoms with van der Waals surface area (Å²) in [5, 5.41) is 3.22. The van der Waals surface area contributed by atoms with Crippen LogP contribution >= 0.6 is 0 Å². The van der Waals surface area contributed by atoms with Crippen molar-refractivity contribution in [1.82, 2.24) is 5.32 Å². The van der Waals surface area contributed by atoms with E-state index in [0.29, 0.717) is 6.54 Å². The molecule has 1 N–H and O–H groups in total. The van der Waals surface area contributed by atoms with E-state index in [4.69, 9.17) is 4.74 Å². The Hall–Kier alpha value is -0.410. The third-order valence-corrected chi connectivity index (χ3v) is 2.69. The first-order valence-corrected chi connectivity index (χ1v) is 4.12. The minimum atomic E-state index is -0.455. The highest BCUT2D eigenvalue weighted by Crippen LogP contribution is 2.33. The van der Waals surface area contributed by atoms with E-state index in [9.17, 15) is 4.79 Å². The van der Waals surface area contributed by atoms with Gasteiger partial charge in [0.05, 0.1) is 6.10 Å². The molecule has 0 aromatic rings. The second-order valence-corrected chi connectivity index (χ2v) is 3.46. The van der Waals surface area contributed by atoms with Crippen LogP contribution in [0.15, 0.2) is 0 Å². The van der Waals surface area contributed by atoms with Crippen LogP contribution in [0.3, 0.4) is 0 Å². The van der Waals surface area contributed by atoms with Crippen LogP contribution in [0.2, 0.25) is 0 Å². The average Bonchev–Trinajstić information content (AvgIpc) is 2.29. The van der Waals surface area contributed by atoms with E-state index in [1.807, 2.05) is 0 Å². The molecule has 2 saturated heterocycles. The highest BCUT2D eigenvalue weighted by molar-refractivity contribution is 5.85. The second kappa shape index (κ2) is 2.29. The molecular formula is C8H13NO2. The zero-order valence-electron chi connectivity index (χ0n) is 6.72. The maximum atomic E-state index is 11.2. The van der Waals surface area contributed by atoms with Crippen molar-refractivity contribution < 1.29 is 9.53 Å². The summed E-state index contributed by atoms with van der Waals surface area (Å²) in [6, 6.07) is 0. The Morgan fingerprint density at radius 3 is 3.18 bits per heavy atom. The van der Waals surface area contributed by atoms with E-state index in [1.54, 1.807) is 6.92 Å². The SMILES string of the molecule is CC(=O)C12CCC(CNC1)O2. The number of fused-ring (bicyclic) bond motifs is 2. The summed E-state index contributed by atoms with van der Waals surface area (Å²) >= 11 is 0. The highest BCUT2D eigenvalue weighted by atomic mass is 16.5. The van der Waals surface area contributed by atoms with Gasteiger partial charge in [-0.25, -0.2) is 0 Å². The minimum absolute atomic E-state index is 0.173. The van der Waals surface area contributed by atoms with Crippen molar-refractivity contribution in [2.45, 2.75) is 31.5 Å². The van der Waals surface area contributed by atoms with Crippen molar-refractivity contribution in [2.24, 2.45) is 0 Å². The number of rotatable bonds is 1. The number of hydrogen-bond acceptors (Lipinski definition) is 3. The Morgan fingerprint density at radius 2 is 2.55 bits per heavy atom. The zero-order chi connectivity index (χ0) is 7.90. The van der Waals surface area contributed by atoms with Crippen LogP contribution in [0.4, 0.5) is 0 Å². The molecule has 2 fully saturated rings. The molecule has 0 spiro atoms. The topological polar surface area (TPSA) is 38.3 Å². The molecule has 0 aromatic heterocycles. The van der Waals surface area contributed by atoms with Gasteiger partial charge in [0.2, 0.25) is 0 Å². The van der Waals surface area contributed by atoms with Gasteiger partial charge in [-0.3, -0.25) is 4.79 Å². The number of carbonyl (C=O) groups excluding carboxylic acids is 1. The summed E-state index contributed by atoms with van der Waals surface area (Å²) in [6.07, 6.45) is 2.22. The molecule has 11 heavy (non-hydrogen) atoms. The predicted octanol–water partition coefficient (Wildman–Crippen LogP) is 0.0964. The lowest BCUT2D eigenvalue weighted by molar-refractivity contribution is -0.144. The van der Waals surface area contributed by atoms with Crippen LogP contribution in [-0.4, -0.2) is 30.6 Å². The van der Waals surface area contributed by atoms with E-state index in [0.717, 1.165) is 19.4 Å². The summed E-state index contributed by atoms with van der Waals surface area (Å²) in [5.74, 6) is 0.173. The Kier molecular flexibility index (Phi) is 1.51. The number of carbonyl (C=O) groups is 1. The summed E-state index contributed by atoms with van der Waals surface area (Å²) in [5.41, 5.74) is -0.455. The summed E-state index contributed by atoms with van der Waals surface area (Å²) in [6.45, 7) is 3.24. The number of morpholine rings is 1. The van der Waals surface area contributed by atoms with Crippen LogP contribution in [0, 0.1) is 0 Å². The highest BCUT2D eigenvalue weighted by Gasteiger charge is 2.46. The zero-order valence-corrected chi connectivity index (χ0v) is 6.72. The Morgan fingerprint density at radius 1 is 1.73 bits per heavy atom. The molecular weight excluding hydrogens is 142 g/mol. The van der Waals surface area contributed by atoms with E-state index >= 15 is 0 Å². The molecule has 0 radical (unpaired) electrons. The quantitative estimate of drug-likeness (QED) is 0.583. The maximum absolute atomic E-state index is 11.2. The Balaban J connectivity index is 2.19. The van der Waals surface area contributed by atoms with Gasteiger partial charge in [0.25, 0.3) is 0 Å². The lowest BCUT2D eigenvalue weighted by atomic mass is 9.96. The number of Topliss-reactive ketones (excluding diaryl/α,β-unsaturated/α-hetero) is 1. The van der Waals surface area contributed by atoms with E-state index in [1.165, 1.54) is 0 Å². The molecule has 0 saturated carbocycles. The first-order chi connectivity index (χ1) is 5.23. The van der Waals surface area contributed by atoms with Crippen molar-refractivity contribution in [1.29, 1.82) is 0 Å². The molecule has 2 aliphatic heterocycles. The molecule has 62 valence electrons. The number of ketones is 1. The van der Waals surface area contributed by atoms with Gasteiger partial charge < -0.3 is 10.1 Å². The molecule has 0 aliphatic carbocycles. The maximum Gasteiger partial charge on any atom is 0.162 e. The second-order valence-electron chi connectivity index (χ2n) is 3.46. The molecule has 3 heteroatoms. The predicted molar refractivity (Wildman–Crippen MR) is 40.4 cm³/mol. The summed E-state index contributed by atoms with van der Waals surface area (Å²) in [4.78, 5) is 11.2. The molecule has 3 nitrogen and oxygen atoms in total. The molecule has 0 aromatic carbocycles. The van der Waals surface area contributed by atoms with Crippen molar-refractivity contribution >= 4 is 5.78 Å². The van der Waals surface area contributed by atoms with E-state index in [-0.39, 0.29) is 11.9 Å². The first-order valence-electron chi connectivity index (χ1n) is 4.12. The Labute approximate surface area is 66.1 Å². The van der Waals surface area contributed by atoms with Crippen molar-refractivity contribution in [2.75, 3.05) is 13.1 Å². The van der Waals surface area contributed by atoms with Gasteiger partial charge in [-0.15, -0.1) is 0 Å². The molecule has 2 aliphatic rings. The van der Waals surface area contributed by atoms with Crippen LogP contribution in [0.5, 0.6) is 0 Å². The molecule has 2 unspecified atom stereocenters. The average molecular weight is 155 g/mol. The van der Waals surface area contributed by atoms with Gasteiger partial charge in [0.15, 0.2) is 5.78 Å². The van der Waals surface area contributed by atoms with Crippen LogP contribution in [-0.2, 0) is 9.53 Å². The van der Waals surface area contributed by atoms with E-state index in [2.05, 4.69) is 5.32 Å². The number of hydrogen-bond donors (Lipinski definition) is 1. The van der Waals surface area contributed by atoms with Gasteiger partial charge in [-0.1, -0.05) is 0 Å². The van der Waals surface area contributed by atoms with Crippen molar-refractivity contribution in [3.8, 4) is 0 Å². The summed E-state index contributed by atoms with van der Waals surface area (Å²) in [7, 11) is 0. The third-order valence-electron chi connectivity index (χ3n) is 2.69. The van der Waals surface area contributed by atoms with Crippen molar-refractivity contribution in [3.05, 3.63) is 0 Å². The fourth-order valence-electron chi connectivity index (χ4n) is 1.92. The number of ether oxygens (including phenoxy) is 1. The fourth-order valence-corrected chi connectivity index (χ4v) is 1.92. The minimum Gasteiger partial charge on any atom is -0.361 e. The fraction of sp³-hybridized carbons (Fsp3) is 0.875. The lowest BCUT2D eigenvalue weighted by Gasteiger charge is -2.31. The number of nitrogens with one attached hydrogen (secondary N) is 1. The van der Waals surface area contributed by atoms with Crippen LogP contribution in [0.1, 0.15) is 19.8 Å². The van der Waals surface area contributed by atoms with Gasteiger partial charge in [-0.2, -0.15) is 0 Å². The normalized spacial score (nSPS) is 42.5. The first kappa shape index (κ1) is 7.25. The largest absolute Gasteiger partial charge is 0.361 e. The van der Waals surface area contributed by atoms with Gasteiger partial charge >= 0.3 is 0 Å². The van der Waals surface area contributed by atoms with Crippen molar-refractivity contribution in [3.63, 3.8) is 0 Å². The molecule has 2 rings (SSSR count). The Bertz CT molecular complexity index is 189. The molecule has 2 atom stereocenters. The van der Waals surface area contributed by atoms with Crippen LogP contribution in [0.25, 0.3) is 0 Å². The van der Waals surface area contributed by atoms with Crippen LogP contribution < -0.4 is 5.32 Å². The van der Waals surface area contributed by atoms with E-state index < -0.39 is 5.60 Å². The van der Waals surface area contributed by atoms with Gasteiger partial charge in [-0.05, 0) is 19.8 Å². The smallest absolute Gasteiger partial charge is 0.162 e. The molecule has 0 amide bonds. The molecule has 2 bridgehead atoms. The summed E-state index contributed by atoms with van der Waals surface area (Å²) < 4.78 is 5.63. The standard InChI is InChI=1S/C8H13NO2/c1-6(10)8-3-2-7(11-8)4-9-5-8/h7,9H,2-5H2,1H3. The lowest BCUT2D eigenvalue weighted by Crippen LogP contribution is -2.52. The molecule has 2 heterocycles. The third kappa shape index (κ3) is 0.993. The monoisotopic (exact) mass is 155 g/mol.